The van der Waals surface area contributed by atoms with Crippen molar-refractivity contribution in [2.24, 2.45) is 11.8 Å². The van der Waals surface area contributed by atoms with Crippen molar-refractivity contribution in [2.45, 2.75) is 56.8 Å². The maximum atomic E-state index is 13.2. The highest BCUT2D eigenvalue weighted by molar-refractivity contribution is 6.09. The van der Waals surface area contributed by atoms with Crippen LogP contribution in [0.15, 0.2) is 30.3 Å². The fourth-order valence-corrected chi connectivity index (χ4v) is 5.62. The largest absolute Gasteiger partial charge is 0.478 e. The monoisotopic (exact) mass is 427 g/mol. The van der Waals surface area contributed by atoms with Crippen LogP contribution >= 0.6 is 0 Å². The molecule has 9 nitrogen and oxygen atoms in total. The Hall–Kier alpha value is -2.94. The van der Waals surface area contributed by atoms with Crippen molar-refractivity contribution in [1.82, 2.24) is 14.9 Å². The van der Waals surface area contributed by atoms with Crippen LogP contribution in [-0.4, -0.2) is 62.0 Å². The number of nitrogens with zero attached hydrogens (tertiary/aromatic N) is 3. The van der Waals surface area contributed by atoms with Gasteiger partial charge in [0.2, 0.25) is 17.5 Å². The molecule has 0 aromatic heterocycles. The molecule has 1 aromatic carbocycles. The molecule has 1 saturated carbocycles. The number of carbonyl (C=O) groups is 4. The van der Waals surface area contributed by atoms with E-state index in [0.717, 1.165) is 28.2 Å². The molecule has 3 heterocycles. The van der Waals surface area contributed by atoms with E-state index in [1.807, 2.05) is 30.3 Å². The van der Waals surface area contributed by atoms with Crippen molar-refractivity contribution < 1.29 is 29.1 Å². The van der Waals surface area contributed by atoms with Crippen LogP contribution < -0.4 is 0 Å². The van der Waals surface area contributed by atoms with E-state index in [4.69, 9.17) is 4.84 Å². The third kappa shape index (κ3) is 2.86. The number of benzene rings is 1. The van der Waals surface area contributed by atoms with E-state index in [-0.39, 0.29) is 25.6 Å². The molecule has 1 aliphatic carbocycles. The second-order valence-electron chi connectivity index (χ2n) is 8.80. The van der Waals surface area contributed by atoms with Gasteiger partial charge < -0.3 is 5.11 Å². The Kier molecular flexibility index (Phi) is 4.73. The molecule has 2 unspecified atom stereocenters. The quantitative estimate of drug-likeness (QED) is 0.720. The van der Waals surface area contributed by atoms with Gasteiger partial charge in [-0.05, 0) is 24.8 Å². The van der Waals surface area contributed by atoms with Crippen molar-refractivity contribution in [1.29, 1.82) is 0 Å². The zero-order valence-corrected chi connectivity index (χ0v) is 17.1. The zero-order valence-electron chi connectivity index (χ0n) is 17.1. The summed E-state index contributed by atoms with van der Waals surface area (Å²) in [6.45, 7) is 0.273. The van der Waals surface area contributed by atoms with Gasteiger partial charge >= 0.3 is 12.0 Å². The van der Waals surface area contributed by atoms with Gasteiger partial charge in [0.15, 0.2) is 0 Å². The molecule has 4 amide bonds. The van der Waals surface area contributed by atoms with Crippen LogP contribution in [0.4, 0.5) is 4.79 Å². The Bertz CT molecular complexity index is 912. The summed E-state index contributed by atoms with van der Waals surface area (Å²) in [7, 11) is 0. The van der Waals surface area contributed by atoms with Gasteiger partial charge in [-0.25, -0.2) is 14.5 Å². The number of imide groups is 1. The maximum absolute atomic E-state index is 13.2. The number of amides is 4. The molecule has 5 rings (SSSR count). The van der Waals surface area contributed by atoms with Crippen molar-refractivity contribution in [3.63, 3.8) is 0 Å². The third-order valence-electron chi connectivity index (χ3n) is 7.18. The number of rotatable bonds is 5. The number of hydrogen-bond donors (Lipinski definition) is 1. The highest BCUT2D eigenvalue weighted by Gasteiger charge is 2.67. The molecule has 1 aromatic rings. The third-order valence-corrected chi connectivity index (χ3v) is 7.18. The smallest absolute Gasteiger partial charge is 0.351 e. The van der Waals surface area contributed by atoms with Crippen LogP contribution in [0.3, 0.4) is 0 Å². The topological polar surface area (TPSA) is 107 Å². The fraction of sp³-hybridized carbons (Fsp3) is 0.545. The zero-order chi connectivity index (χ0) is 21.8. The second kappa shape index (κ2) is 7.33. The summed E-state index contributed by atoms with van der Waals surface area (Å²) in [5.41, 5.74) is -1.10. The van der Waals surface area contributed by atoms with Crippen molar-refractivity contribution in [3.8, 4) is 0 Å². The van der Waals surface area contributed by atoms with E-state index in [1.165, 1.54) is 5.06 Å². The molecule has 9 heteroatoms. The maximum Gasteiger partial charge on any atom is 0.351 e. The van der Waals surface area contributed by atoms with E-state index in [1.54, 1.807) is 0 Å². The van der Waals surface area contributed by atoms with Gasteiger partial charge in [-0.3, -0.25) is 19.3 Å². The number of aliphatic carboxylic acids is 1. The van der Waals surface area contributed by atoms with Gasteiger partial charge in [0.25, 0.3) is 0 Å². The summed E-state index contributed by atoms with van der Waals surface area (Å²) in [5.74, 6) is -3.19. The summed E-state index contributed by atoms with van der Waals surface area (Å²) >= 11 is 0. The molecule has 3 aliphatic heterocycles. The summed E-state index contributed by atoms with van der Waals surface area (Å²) < 4.78 is 0. The molecule has 4 fully saturated rings. The van der Waals surface area contributed by atoms with Gasteiger partial charge in [0.05, 0.1) is 17.9 Å². The summed E-state index contributed by atoms with van der Waals surface area (Å²) in [6, 6.07) is 8.43. The Morgan fingerprint density at radius 3 is 2.29 bits per heavy atom. The van der Waals surface area contributed by atoms with Gasteiger partial charge in [0.1, 0.15) is 6.61 Å². The van der Waals surface area contributed by atoms with Gasteiger partial charge in [-0.1, -0.05) is 43.2 Å². The lowest BCUT2D eigenvalue weighted by molar-refractivity contribution is -0.177. The lowest BCUT2D eigenvalue weighted by atomic mass is 9.81. The van der Waals surface area contributed by atoms with E-state index in [2.05, 4.69) is 0 Å². The van der Waals surface area contributed by atoms with E-state index in [0.29, 0.717) is 19.3 Å². The van der Waals surface area contributed by atoms with Gasteiger partial charge in [0, 0.05) is 13.0 Å². The summed E-state index contributed by atoms with van der Waals surface area (Å²) in [5, 5.41) is 11.5. The molecule has 0 radical (unpaired) electrons. The number of carbonyl (C=O) groups excluding carboxylic acids is 3. The number of fused-ring (bicyclic) bond motifs is 3. The first-order valence-corrected chi connectivity index (χ1v) is 10.8. The minimum absolute atomic E-state index is 0.000850. The van der Waals surface area contributed by atoms with Crippen LogP contribution in [-0.2, 0) is 25.8 Å². The minimum atomic E-state index is -1.98. The molecule has 2 bridgehead atoms. The highest BCUT2D eigenvalue weighted by atomic mass is 16.7. The predicted molar refractivity (Wildman–Crippen MR) is 106 cm³/mol. The van der Waals surface area contributed by atoms with Gasteiger partial charge in [-0.2, -0.15) is 5.06 Å². The van der Waals surface area contributed by atoms with Crippen LogP contribution in [0.2, 0.25) is 0 Å². The number of likely N-dealkylation sites (tertiary alicyclic amines) is 1. The standard InChI is InChI=1S/C22H25N3O6/c26-18-16-8-4-5-9-17(16)19(27)24(18)22(20(28)29)11-10-15-12-23(22)21(30)25(15)31-13-14-6-2-1-3-7-14/h1-3,6-7,15-17H,4-5,8-13H2,(H,28,29)/t15-,16?,17?,22-/m1/s1. The van der Waals surface area contributed by atoms with E-state index >= 15 is 0 Å². The number of hydroxylamine groups is 2. The second-order valence-corrected chi connectivity index (χ2v) is 8.80. The summed E-state index contributed by atoms with van der Waals surface area (Å²) in [4.78, 5) is 60.0. The highest BCUT2D eigenvalue weighted by Crippen LogP contribution is 2.46. The Labute approximate surface area is 179 Å². The lowest BCUT2D eigenvalue weighted by Crippen LogP contribution is -2.69. The van der Waals surface area contributed by atoms with Crippen LogP contribution in [0.5, 0.6) is 0 Å². The predicted octanol–water partition coefficient (Wildman–Crippen LogP) is 1.97. The first-order valence-electron chi connectivity index (χ1n) is 10.8. The lowest BCUT2D eigenvalue weighted by Gasteiger charge is -2.44. The number of carboxylic acid groups (broad SMARTS) is 1. The number of hydrogen-bond acceptors (Lipinski definition) is 5. The minimum Gasteiger partial charge on any atom is -0.478 e. The Morgan fingerprint density at radius 2 is 1.68 bits per heavy atom. The SMILES string of the molecule is O=C1N(OCc2ccccc2)[C@@H]2CC[C@](C(=O)O)(N3C(=O)C4CCCCC4C3=O)N1C2. The number of urea groups is 1. The normalized spacial score (nSPS) is 32.6. The molecule has 4 aliphatic rings. The Morgan fingerprint density at radius 1 is 1.03 bits per heavy atom. The first-order chi connectivity index (χ1) is 14.9. The van der Waals surface area contributed by atoms with E-state index < -0.39 is 41.3 Å². The van der Waals surface area contributed by atoms with Crippen molar-refractivity contribution in [2.75, 3.05) is 6.54 Å². The van der Waals surface area contributed by atoms with Crippen LogP contribution in [0.1, 0.15) is 44.1 Å². The summed E-state index contributed by atoms with van der Waals surface area (Å²) in [6.07, 6.45) is 3.20. The Balaban J connectivity index is 1.43. The van der Waals surface area contributed by atoms with Crippen molar-refractivity contribution >= 4 is 23.8 Å². The fourth-order valence-electron chi connectivity index (χ4n) is 5.62. The van der Waals surface area contributed by atoms with Gasteiger partial charge in [-0.15, -0.1) is 0 Å². The van der Waals surface area contributed by atoms with Crippen LogP contribution in [0, 0.1) is 11.8 Å². The van der Waals surface area contributed by atoms with E-state index in [9.17, 15) is 24.3 Å². The average molecular weight is 427 g/mol. The molecule has 1 N–H and O–H groups in total. The molecule has 31 heavy (non-hydrogen) atoms. The number of carboxylic acids is 1. The average Bonchev–Trinajstić information content (AvgIpc) is 3.20. The molecule has 4 atom stereocenters. The molecule has 164 valence electrons. The van der Waals surface area contributed by atoms with Crippen molar-refractivity contribution in [3.05, 3.63) is 35.9 Å². The first kappa shape index (κ1) is 20.0. The number of piperidine rings is 1. The molecular weight excluding hydrogens is 402 g/mol. The van der Waals surface area contributed by atoms with Crippen LogP contribution in [0.25, 0.3) is 0 Å². The molecule has 0 spiro atoms. The molecular formula is C22H25N3O6. The molecule has 3 saturated heterocycles.